The van der Waals surface area contributed by atoms with Crippen LogP contribution < -0.4 is 10.2 Å². The fraction of sp³-hybridized carbons (Fsp3) is 0.350. The lowest BCUT2D eigenvalue weighted by Gasteiger charge is -2.37. The number of nitrogens with zero attached hydrogens (tertiary/aromatic N) is 3. The molecule has 2 heterocycles. The Kier molecular flexibility index (Phi) is 6.25. The van der Waals surface area contributed by atoms with E-state index < -0.39 is 12.1 Å². The minimum Gasteiger partial charge on any atom is -0.453 e. The Morgan fingerprint density at radius 2 is 1.78 bits per heavy atom. The molecule has 1 aromatic heterocycles. The molecule has 1 aliphatic rings. The number of rotatable bonds is 5. The summed E-state index contributed by atoms with van der Waals surface area (Å²) >= 11 is 0. The minimum atomic E-state index is -0.652. The van der Waals surface area contributed by atoms with Crippen molar-refractivity contribution in [3.8, 4) is 0 Å². The number of alkyl carbamates (subject to hydrolysis) is 1. The van der Waals surface area contributed by atoms with Crippen LogP contribution in [-0.4, -0.2) is 61.2 Å². The third-order valence-corrected chi connectivity index (χ3v) is 4.62. The van der Waals surface area contributed by atoms with Gasteiger partial charge < -0.3 is 19.9 Å². The Labute approximate surface area is 158 Å². The van der Waals surface area contributed by atoms with Gasteiger partial charge in [-0.1, -0.05) is 36.4 Å². The fourth-order valence-electron chi connectivity index (χ4n) is 3.17. The highest BCUT2D eigenvalue weighted by Crippen LogP contribution is 2.14. The quantitative estimate of drug-likeness (QED) is 0.869. The van der Waals surface area contributed by atoms with Crippen molar-refractivity contribution in [1.29, 1.82) is 0 Å². The number of methoxy groups -OCH3 is 1. The largest absolute Gasteiger partial charge is 0.453 e. The van der Waals surface area contributed by atoms with E-state index in [9.17, 15) is 9.59 Å². The number of hydrogen-bond acceptors (Lipinski definition) is 5. The van der Waals surface area contributed by atoms with Crippen molar-refractivity contribution < 1.29 is 14.3 Å². The predicted molar refractivity (Wildman–Crippen MR) is 103 cm³/mol. The molecule has 0 aliphatic carbocycles. The van der Waals surface area contributed by atoms with Crippen molar-refractivity contribution >= 4 is 17.8 Å². The first-order chi connectivity index (χ1) is 13.2. The number of nitrogens with one attached hydrogen (secondary N) is 1. The Bertz CT molecular complexity index is 746. The van der Waals surface area contributed by atoms with Crippen molar-refractivity contribution in [2.24, 2.45) is 0 Å². The maximum atomic E-state index is 13.0. The molecule has 0 radical (unpaired) electrons. The van der Waals surface area contributed by atoms with Crippen LogP contribution in [-0.2, 0) is 16.0 Å². The van der Waals surface area contributed by atoms with E-state index in [0.29, 0.717) is 32.6 Å². The molecule has 1 aromatic carbocycles. The normalized spacial score (nSPS) is 15.1. The summed E-state index contributed by atoms with van der Waals surface area (Å²) in [7, 11) is 1.30. The van der Waals surface area contributed by atoms with Crippen LogP contribution in [0.1, 0.15) is 5.56 Å². The third-order valence-electron chi connectivity index (χ3n) is 4.62. The van der Waals surface area contributed by atoms with E-state index >= 15 is 0 Å². The first kappa shape index (κ1) is 18.7. The molecule has 3 rings (SSSR count). The number of piperazine rings is 1. The van der Waals surface area contributed by atoms with Gasteiger partial charge in [0.25, 0.3) is 0 Å². The number of aromatic nitrogens is 1. The highest BCUT2D eigenvalue weighted by molar-refractivity contribution is 5.86. The average molecular weight is 368 g/mol. The molecule has 27 heavy (non-hydrogen) atoms. The molecule has 1 N–H and O–H groups in total. The standard InChI is InChI=1S/C20H24N4O3/c1-27-20(26)22-17(15-16-7-3-2-4-8-16)19(25)24-13-11-23(12-14-24)18-9-5-6-10-21-18/h2-10,17H,11-15H2,1H3,(H,22,26). The van der Waals surface area contributed by atoms with Crippen LogP contribution in [0.5, 0.6) is 0 Å². The Morgan fingerprint density at radius 3 is 2.41 bits per heavy atom. The number of carbonyl (C=O) groups is 2. The van der Waals surface area contributed by atoms with E-state index in [4.69, 9.17) is 4.74 Å². The zero-order valence-corrected chi connectivity index (χ0v) is 15.4. The molecule has 2 amide bonds. The lowest BCUT2D eigenvalue weighted by atomic mass is 10.0. The van der Waals surface area contributed by atoms with Gasteiger partial charge in [-0.25, -0.2) is 9.78 Å². The SMILES string of the molecule is COC(=O)NC(Cc1ccccc1)C(=O)N1CCN(c2ccccn2)CC1. The molecule has 0 bridgehead atoms. The second-order valence-electron chi connectivity index (χ2n) is 6.38. The van der Waals surface area contributed by atoms with Gasteiger partial charge in [0.05, 0.1) is 7.11 Å². The van der Waals surface area contributed by atoms with E-state index in [-0.39, 0.29) is 5.91 Å². The molecule has 2 aromatic rings. The van der Waals surface area contributed by atoms with Crippen LogP contribution in [0.3, 0.4) is 0 Å². The summed E-state index contributed by atoms with van der Waals surface area (Å²) in [6.45, 7) is 2.59. The van der Waals surface area contributed by atoms with Gasteiger partial charge in [-0.2, -0.15) is 0 Å². The smallest absolute Gasteiger partial charge is 0.407 e. The van der Waals surface area contributed by atoms with E-state index in [2.05, 4.69) is 15.2 Å². The van der Waals surface area contributed by atoms with Gasteiger partial charge in [0.1, 0.15) is 11.9 Å². The lowest BCUT2D eigenvalue weighted by Crippen LogP contribution is -2.55. The number of anilines is 1. The Hall–Kier alpha value is -3.09. The third kappa shape index (κ3) is 4.97. The summed E-state index contributed by atoms with van der Waals surface area (Å²) in [4.78, 5) is 33.0. The summed E-state index contributed by atoms with van der Waals surface area (Å²) in [6.07, 6.45) is 1.59. The maximum Gasteiger partial charge on any atom is 0.407 e. The Morgan fingerprint density at radius 1 is 1.07 bits per heavy atom. The molecular weight excluding hydrogens is 344 g/mol. The number of pyridine rings is 1. The van der Waals surface area contributed by atoms with Crippen molar-refractivity contribution in [1.82, 2.24) is 15.2 Å². The first-order valence-electron chi connectivity index (χ1n) is 9.00. The minimum absolute atomic E-state index is 0.0927. The average Bonchev–Trinajstić information content (AvgIpc) is 2.74. The summed E-state index contributed by atoms with van der Waals surface area (Å²) < 4.78 is 4.69. The zero-order chi connectivity index (χ0) is 19.1. The molecule has 0 saturated carbocycles. The van der Waals surface area contributed by atoms with Crippen LogP contribution in [0.2, 0.25) is 0 Å². The summed E-state index contributed by atoms with van der Waals surface area (Å²) in [5.74, 6) is 0.822. The summed E-state index contributed by atoms with van der Waals surface area (Å²) in [5.41, 5.74) is 0.986. The Balaban J connectivity index is 1.64. The van der Waals surface area contributed by atoms with E-state index in [1.807, 2.05) is 48.5 Å². The predicted octanol–water partition coefficient (Wildman–Crippen LogP) is 1.70. The van der Waals surface area contributed by atoms with E-state index in [1.54, 1.807) is 11.1 Å². The number of amides is 2. The number of hydrogen-bond donors (Lipinski definition) is 1. The van der Waals surface area contributed by atoms with Crippen LogP contribution in [0.4, 0.5) is 10.6 Å². The molecule has 142 valence electrons. The topological polar surface area (TPSA) is 74.8 Å². The molecule has 7 heteroatoms. The highest BCUT2D eigenvalue weighted by atomic mass is 16.5. The molecule has 1 fully saturated rings. The molecule has 1 saturated heterocycles. The van der Waals surface area contributed by atoms with Gasteiger partial charge in [-0.15, -0.1) is 0 Å². The van der Waals surface area contributed by atoms with Crippen molar-refractivity contribution in [2.45, 2.75) is 12.5 Å². The van der Waals surface area contributed by atoms with Gasteiger partial charge >= 0.3 is 6.09 Å². The van der Waals surface area contributed by atoms with Crippen LogP contribution in [0, 0.1) is 0 Å². The second-order valence-corrected chi connectivity index (χ2v) is 6.38. The molecule has 0 spiro atoms. The van der Waals surface area contributed by atoms with E-state index in [1.165, 1.54) is 7.11 Å². The fourth-order valence-corrected chi connectivity index (χ4v) is 3.17. The molecule has 1 aliphatic heterocycles. The molecule has 1 atom stereocenters. The van der Waals surface area contributed by atoms with Gasteiger partial charge in [0, 0.05) is 38.8 Å². The zero-order valence-electron chi connectivity index (χ0n) is 15.4. The number of ether oxygens (including phenoxy) is 1. The lowest BCUT2D eigenvalue weighted by molar-refractivity contribution is -0.133. The van der Waals surface area contributed by atoms with E-state index in [0.717, 1.165) is 11.4 Å². The number of carbonyl (C=O) groups excluding carboxylic acids is 2. The van der Waals surface area contributed by atoms with Gasteiger partial charge in [0.15, 0.2) is 0 Å². The molecule has 1 unspecified atom stereocenters. The second kappa shape index (κ2) is 9.02. The first-order valence-corrected chi connectivity index (χ1v) is 9.00. The number of benzene rings is 1. The van der Waals surface area contributed by atoms with Gasteiger partial charge in [-0.3, -0.25) is 4.79 Å². The maximum absolute atomic E-state index is 13.0. The molecular formula is C20H24N4O3. The highest BCUT2D eigenvalue weighted by Gasteiger charge is 2.29. The van der Waals surface area contributed by atoms with Crippen LogP contribution >= 0.6 is 0 Å². The van der Waals surface area contributed by atoms with Gasteiger partial charge in [-0.05, 0) is 17.7 Å². The van der Waals surface area contributed by atoms with Crippen LogP contribution in [0.25, 0.3) is 0 Å². The summed E-state index contributed by atoms with van der Waals surface area (Å²) in [6, 6.07) is 14.8. The van der Waals surface area contributed by atoms with Gasteiger partial charge in [0.2, 0.25) is 5.91 Å². The van der Waals surface area contributed by atoms with Crippen molar-refractivity contribution in [2.75, 3.05) is 38.2 Å². The van der Waals surface area contributed by atoms with Crippen LogP contribution in [0.15, 0.2) is 54.7 Å². The van der Waals surface area contributed by atoms with Crippen molar-refractivity contribution in [3.05, 3.63) is 60.3 Å². The molecule has 7 nitrogen and oxygen atoms in total. The monoisotopic (exact) mass is 368 g/mol. The summed E-state index contributed by atoms with van der Waals surface area (Å²) in [5, 5.41) is 2.68. The van der Waals surface area contributed by atoms with Crippen molar-refractivity contribution in [3.63, 3.8) is 0 Å².